The molecule has 0 aromatic rings. The van der Waals surface area contributed by atoms with Crippen molar-refractivity contribution in [2.45, 2.75) is 34.1 Å². The lowest BCUT2D eigenvalue weighted by Gasteiger charge is -2.13. The van der Waals surface area contributed by atoms with E-state index in [-0.39, 0.29) is 0 Å². The fourth-order valence-corrected chi connectivity index (χ4v) is 1.14. The quantitative estimate of drug-likeness (QED) is 0.624. The third-order valence-electron chi connectivity index (χ3n) is 2.27. The second-order valence-electron chi connectivity index (χ2n) is 3.81. The zero-order chi connectivity index (χ0) is 9.56. The van der Waals surface area contributed by atoms with Crippen molar-refractivity contribution in [1.82, 2.24) is 5.32 Å². The number of hydrogen-bond donors (Lipinski definition) is 1. The summed E-state index contributed by atoms with van der Waals surface area (Å²) in [6.45, 7) is 10.1. The predicted octanol–water partition coefficient (Wildman–Crippen LogP) is 2.83. The van der Waals surface area contributed by atoms with Gasteiger partial charge in [-0.3, -0.25) is 0 Å². The molecule has 0 aliphatic rings. The Labute approximate surface area is 77.2 Å². The van der Waals surface area contributed by atoms with E-state index in [1.807, 2.05) is 7.05 Å². The number of likely N-dealkylation sites (N-methyl/N-ethyl adjacent to an activating group) is 1. The van der Waals surface area contributed by atoms with E-state index < -0.39 is 0 Å². The van der Waals surface area contributed by atoms with Gasteiger partial charge in [-0.15, -0.1) is 0 Å². The van der Waals surface area contributed by atoms with Crippen LogP contribution in [0.4, 0.5) is 0 Å². The van der Waals surface area contributed by atoms with Gasteiger partial charge in [0.25, 0.3) is 0 Å². The maximum absolute atomic E-state index is 3.21. The van der Waals surface area contributed by atoms with Crippen molar-refractivity contribution in [3.63, 3.8) is 0 Å². The summed E-state index contributed by atoms with van der Waals surface area (Å²) in [5, 5.41) is 3.21. The van der Waals surface area contributed by atoms with E-state index in [4.69, 9.17) is 0 Å². The summed E-state index contributed by atoms with van der Waals surface area (Å²) < 4.78 is 0. The summed E-state index contributed by atoms with van der Waals surface area (Å²) in [5.74, 6) is 1.39. The molecule has 0 saturated carbocycles. The Balaban J connectivity index is 4.16. The Morgan fingerprint density at radius 2 is 1.92 bits per heavy atom. The first kappa shape index (κ1) is 11.7. The van der Waals surface area contributed by atoms with Crippen LogP contribution in [0.2, 0.25) is 0 Å². The van der Waals surface area contributed by atoms with Crippen LogP contribution in [0.25, 0.3) is 0 Å². The molecule has 0 bridgehead atoms. The van der Waals surface area contributed by atoms with Gasteiger partial charge in [0.05, 0.1) is 0 Å². The van der Waals surface area contributed by atoms with E-state index in [0.717, 1.165) is 12.5 Å². The molecule has 0 aromatic carbocycles. The SMILES string of the molecule is CCC(C)/C=C(\CNC)C(C)C. The zero-order valence-electron chi connectivity index (χ0n) is 9.15. The lowest BCUT2D eigenvalue weighted by Crippen LogP contribution is -2.14. The molecule has 0 aliphatic carbocycles. The van der Waals surface area contributed by atoms with E-state index in [9.17, 15) is 0 Å². The van der Waals surface area contributed by atoms with Crippen LogP contribution in [0, 0.1) is 11.8 Å². The molecule has 0 amide bonds. The van der Waals surface area contributed by atoms with Gasteiger partial charge in [-0.25, -0.2) is 0 Å². The first-order valence-electron chi connectivity index (χ1n) is 4.97. The van der Waals surface area contributed by atoms with Crippen LogP contribution in [0.5, 0.6) is 0 Å². The number of nitrogens with one attached hydrogen (secondary N) is 1. The summed E-state index contributed by atoms with van der Waals surface area (Å²) in [5.41, 5.74) is 1.53. The number of allylic oxidation sites excluding steroid dienone is 1. The van der Waals surface area contributed by atoms with Gasteiger partial charge in [0.1, 0.15) is 0 Å². The normalized spacial score (nSPS) is 15.3. The molecule has 1 nitrogen and oxygen atoms in total. The minimum absolute atomic E-state index is 0.673. The molecule has 1 atom stereocenters. The van der Waals surface area contributed by atoms with Gasteiger partial charge in [0.15, 0.2) is 0 Å². The molecule has 0 saturated heterocycles. The molecule has 0 spiro atoms. The fraction of sp³-hybridized carbons (Fsp3) is 0.818. The third-order valence-corrected chi connectivity index (χ3v) is 2.27. The molecule has 12 heavy (non-hydrogen) atoms. The molecule has 0 heterocycles. The first-order valence-corrected chi connectivity index (χ1v) is 4.97. The van der Waals surface area contributed by atoms with Gasteiger partial charge in [0, 0.05) is 6.54 Å². The highest BCUT2D eigenvalue weighted by atomic mass is 14.8. The van der Waals surface area contributed by atoms with Crippen LogP contribution in [0.1, 0.15) is 34.1 Å². The smallest absolute Gasteiger partial charge is 0.0164 e. The molecular formula is C11H23N. The van der Waals surface area contributed by atoms with Gasteiger partial charge in [-0.2, -0.15) is 0 Å². The highest BCUT2D eigenvalue weighted by Crippen LogP contribution is 2.13. The van der Waals surface area contributed by atoms with Crippen LogP contribution in [0.3, 0.4) is 0 Å². The van der Waals surface area contributed by atoms with Crippen LogP contribution < -0.4 is 5.32 Å². The minimum Gasteiger partial charge on any atom is -0.316 e. The summed E-state index contributed by atoms with van der Waals surface area (Å²) in [7, 11) is 2.01. The lowest BCUT2D eigenvalue weighted by molar-refractivity contribution is 0.646. The minimum atomic E-state index is 0.673. The van der Waals surface area contributed by atoms with Gasteiger partial charge in [0.2, 0.25) is 0 Å². The van der Waals surface area contributed by atoms with Crippen molar-refractivity contribution in [2.24, 2.45) is 11.8 Å². The van der Waals surface area contributed by atoms with Crippen LogP contribution in [-0.4, -0.2) is 13.6 Å². The van der Waals surface area contributed by atoms with Crippen molar-refractivity contribution >= 4 is 0 Å². The summed E-state index contributed by atoms with van der Waals surface area (Å²) in [4.78, 5) is 0. The first-order chi connectivity index (χ1) is 5.61. The van der Waals surface area contributed by atoms with Gasteiger partial charge < -0.3 is 5.32 Å². The van der Waals surface area contributed by atoms with Gasteiger partial charge in [-0.05, 0) is 18.9 Å². The monoisotopic (exact) mass is 169 g/mol. The van der Waals surface area contributed by atoms with Crippen molar-refractivity contribution < 1.29 is 0 Å². The summed E-state index contributed by atoms with van der Waals surface area (Å²) >= 11 is 0. The number of rotatable bonds is 5. The number of hydrogen-bond acceptors (Lipinski definition) is 1. The molecule has 0 aliphatic heterocycles. The Bertz CT molecular complexity index is 136. The second kappa shape index (κ2) is 6.24. The van der Waals surface area contributed by atoms with Gasteiger partial charge >= 0.3 is 0 Å². The zero-order valence-corrected chi connectivity index (χ0v) is 9.15. The van der Waals surface area contributed by atoms with Gasteiger partial charge in [-0.1, -0.05) is 45.8 Å². The Morgan fingerprint density at radius 1 is 1.33 bits per heavy atom. The molecular weight excluding hydrogens is 146 g/mol. The molecule has 0 aromatic heterocycles. The third kappa shape index (κ3) is 4.55. The molecule has 72 valence electrons. The fourth-order valence-electron chi connectivity index (χ4n) is 1.14. The van der Waals surface area contributed by atoms with E-state index in [0.29, 0.717) is 5.92 Å². The van der Waals surface area contributed by atoms with Crippen LogP contribution in [0.15, 0.2) is 11.6 Å². The van der Waals surface area contributed by atoms with E-state index in [2.05, 4.69) is 39.1 Å². The molecule has 0 fully saturated rings. The average molecular weight is 169 g/mol. The van der Waals surface area contributed by atoms with Crippen molar-refractivity contribution in [2.75, 3.05) is 13.6 Å². The Hall–Kier alpha value is -0.300. The maximum Gasteiger partial charge on any atom is 0.0164 e. The topological polar surface area (TPSA) is 12.0 Å². The van der Waals surface area contributed by atoms with E-state index in [1.165, 1.54) is 12.0 Å². The highest BCUT2D eigenvalue weighted by molar-refractivity contribution is 5.08. The van der Waals surface area contributed by atoms with E-state index >= 15 is 0 Å². The van der Waals surface area contributed by atoms with Crippen LogP contribution >= 0.6 is 0 Å². The predicted molar refractivity (Wildman–Crippen MR) is 56.3 cm³/mol. The Kier molecular flexibility index (Phi) is 6.09. The highest BCUT2D eigenvalue weighted by Gasteiger charge is 2.03. The molecule has 1 heteroatoms. The molecule has 1 N–H and O–H groups in total. The average Bonchev–Trinajstić information content (AvgIpc) is 2.03. The molecule has 0 rings (SSSR count). The standard InChI is InChI=1S/C11H23N/c1-6-10(4)7-11(8-12-5)9(2)3/h7,9-10,12H,6,8H2,1-5H3/b11-7+. The largest absolute Gasteiger partial charge is 0.316 e. The second-order valence-corrected chi connectivity index (χ2v) is 3.81. The van der Waals surface area contributed by atoms with Crippen molar-refractivity contribution in [3.05, 3.63) is 11.6 Å². The maximum atomic E-state index is 3.21. The lowest BCUT2D eigenvalue weighted by atomic mass is 9.97. The van der Waals surface area contributed by atoms with Crippen LogP contribution in [-0.2, 0) is 0 Å². The summed E-state index contributed by atoms with van der Waals surface area (Å²) in [6.07, 6.45) is 3.64. The molecule has 0 radical (unpaired) electrons. The van der Waals surface area contributed by atoms with Crippen molar-refractivity contribution in [1.29, 1.82) is 0 Å². The van der Waals surface area contributed by atoms with E-state index in [1.54, 1.807) is 0 Å². The summed E-state index contributed by atoms with van der Waals surface area (Å²) in [6, 6.07) is 0. The molecule has 1 unspecified atom stereocenters. The Morgan fingerprint density at radius 3 is 2.25 bits per heavy atom. The van der Waals surface area contributed by atoms with Crippen molar-refractivity contribution in [3.8, 4) is 0 Å².